The van der Waals surface area contributed by atoms with Crippen molar-refractivity contribution >= 4 is 45.7 Å². The third-order valence-corrected chi connectivity index (χ3v) is 7.44. The molecule has 2 aromatic heterocycles. The van der Waals surface area contributed by atoms with Crippen LogP contribution in [0, 0.1) is 19.8 Å². The first-order valence-corrected chi connectivity index (χ1v) is 11.9. The molecule has 1 saturated heterocycles. The van der Waals surface area contributed by atoms with Crippen LogP contribution in [0.15, 0.2) is 34.5 Å². The fourth-order valence-corrected chi connectivity index (χ4v) is 5.38. The maximum absolute atomic E-state index is 12.6. The Balaban J connectivity index is 1.27. The van der Waals surface area contributed by atoms with Crippen molar-refractivity contribution in [2.24, 2.45) is 5.92 Å². The zero-order valence-corrected chi connectivity index (χ0v) is 19.3. The summed E-state index contributed by atoms with van der Waals surface area (Å²) in [6.45, 7) is 4.41. The number of amides is 1. The highest BCUT2D eigenvalue weighted by Crippen LogP contribution is 2.34. The topological polar surface area (TPSA) is 81.6 Å². The van der Waals surface area contributed by atoms with Gasteiger partial charge in [-0.05, 0) is 38.1 Å². The third-order valence-electron chi connectivity index (χ3n) is 4.71. The maximum Gasteiger partial charge on any atom is 0.416 e. The number of carbonyl (C=O) groups is 1. The minimum Gasteiger partial charge on any atom is -0.302 e. The van der Waals surface area contributed by atoms with Gasteiger partial charge in [0.1, 0.15) is 0 Å². The highest BCUT2D eigenvalue weighted by Gasteiger charge is 2.37. The Morgan fingerprint density at radius 2 is 1.94 bits per heavy atom. The van der Waals surface area contributed by atoms with Gasteiger partial charge in [0, 0.05) is 35.3 Å². The molecule has 170 valence electrons. The third kappa shape index (κ3) is 5.13. The second kappa shape index (κ2) is 9.08. The van der Waals surface area contributed by atoms with Crippen molar-refractivity contribution in [3.63, 3.8) is 0 Å². The van der Waals surface area contributed by atoms with Crippen LogP contribution in [-0.4, -0.2) is 43.8 Å². The predicted octanol–water partition coefficient (Wildman–Crippen LogP) is 5.09. The SMILES string of the molecule is Cc1nc(C)c(-c2csc(NC(=O)C3CN(N(O)Sc4ccc(C(F)(F)F)cc4)C3)n2)s1. The van der Waals surface area contributed by atoms with Gasteiger partial charge in [-0.25, -0.2) is 15.0 Å². The molecule has 7 nitrogen and oxygen atoms in total. The molecule has 1 fully saturated rings. The molecule has 32 heavy (non-hydrogen) atoms. The zero-order valence-electron chi connectivity index (χ0n) is 16.9. The molecule has 0 unspecified atom stereocenters. The van der Waals surface area contributed by atoms with E-state index < -0.39 is 11.7 Å². The summed E-state index contributed by atoms with van der Waals surface area (Å²) in [5, 5.41) is 17.8. The Morgan fingerprint density at radius 3 is 2.53 bits per heavy atom. The quantitative estimate of drug-likeness (QED) is 0.360. The lowest BCUT2D eigenvalue weighted by molar-refractivity contribution is -0.203. The van der Waals surface area contributed by atoms with Gasteiger partial charge in [0.2, 0.25) is 5.91 Å². The van der Waals surface area contributed by atoms with Gasteiger partial charge in [-0.2, -0.15) is 13.2 Å². The van der Waals surface area contributed by atoms with Crippen LogP contribution in [-0.2, 0) is 11.0 Å². The van der Waals surface area contributed by atoms with E-state index in [9.17, 15) is 23.2 Å². The highest BCUT2D eigenvalue weighted by molar-refractivity contribution is 7.96. The van der Waals surface area contributed by atoms with Crippen LogP contribution in [0.5, 0.6) is 0 Å². The minimum absolute atomic E-state index is 0.202. The summed E-state index contributed by atoms with van der Waals surface area (Å²) in [7, 11) is 0. The molecule has 2 N–H and O–H groups in total. The molecule has 1 amide bonds. The molecule has 4 rings (SSSR count). The number of aryl methyl sites for hydroxylation is 2. The fraction of sp³-hybridized carbons (Fsp3) is 0.316. The van der Waals surface area contributed by atoms with Crippen LogP contribution in [0.25, 0.3) is 10.6 Å². The number of benzene rings is 1. The number of aromatic nitrogens is 2. The molecule has 3 aromatic rings. The number of rotatable bonds is 6. The summed E-state index contributed by atoms with van der Waals surface area (Å²) in [5.41, 5.74) is 0.926. The Kier molecular flexibility index (Phi) is 6.56. The van der Waals surface area contributed by atoms with E-state index in [-0.39, 0.29) is 24.9 Å². The lowest BCUT2D eigenvalue weighted by Gasteiger charge is -2.40. The van der Waals surface area contributed by atoms with Gasteiger partial charge in [0.25, 0.3) is 0 Å². The Bertz CT molecular complexity index is 1110. The van der Waals surface area contributed by atoms with Crippen LogP contribution < -0.4 is 5.32 Å². The monoisotopic (exact) mass is 501 g/mol. The van der Waals surface area contributed by atoms with Crippen LogP contribution in [0.4, 0.5) is 18.3 Å². The van der Waals surface area contributed by atoms with Gasteiger partial charge in [-0.15, -0.1) is 22.7 Å². The molecule has 1 aromatic carbocycles. The summed E-state index contributed by atoms with van der Waals surface area (Å²) in [6, 6.07) is 4.49. The fourth-order valence-electron chi connectivity index (χ4n) is 3.03. The molecule has 0 radical (unpaired) electrons. The van der Waals surface area contributed by atoms with Gasteiger partial charge in [-0.3, -0.25) is 10.0 Å². The van der Waals surface area contributed by atoms with Gasteiger partial charge in [0.05, 0.1) is 32.8 Å². The standard InChI is InChI=1S/C19H18F3N5O2S3/c1-10-16(31-11(2)23-10)15-9-30-18(24-15)25-17(28)12-7-26(8-12)27(29)32-14-5-3-13(4-6-14)19(20,21)22/h3-6,9,12,29H,7-8H2,1-2H3,(H,24,25,28). The molecular weight excluding hydrogens is 483 g/mol. The summed E-state index contributed by atoms with van der Waals surface area (Å²) in [5.74, 6) is -0.537. The lowest BCUT2D eigenvalue weighted by atomic mass is 10.0. The average Bonchev–Trinajstić information content (AvgIpc) is 3.25. The second-order valence-corrected chi connectivity index (χ2v) is 10.2. The van der Waals surface area contributed by atoms with E-state index in [4.69, 9.17) is 0 Å². The number of nitrogens with one attached hydrogen (secondary N) is 1. The molecule has 1 aliphatic rings. The van der Waals surface area contributed by atoms with Gasteiger partial charge >= 0.3 is 6.18 Å². The van der Waals surface area contributed by atoms with E-state index in [0.717, 1.165) is 49.9 Å². The van der Waals surface area contributed by atoms with Gasteiger partial charge in [0.15, 0.2) is 5.13 Å². The first-order valence-electron chi connectivity index (χ1n) is 9.40. The van der Waals surface area contributed by atoms with Crippen molar-refractivity contribution in [1.29, 1.82) is 0 Å². The summed E-state index contributed by atoms with van der Waals surface area (Å²) >= 11 is 3.75. The number of alkyl halides is 3. The van der Waals surface area contributed by atoms with Crippen LogP contribution >= 0.6 is 34.6 Å². The Labute approximate surface area is 194 Å². The normalized spacial score (nSPS) is 15.2. The van der Waals surface area contributed by atoms with Gasteiger partial charge in [-0.1, -0.05) is 4.58 Å². The summed E-state index contributed by atoms with van der Waals surface area (Å²) in [4.78, 5) is 22.8. The van der Waals surface area contributed by atoms with Crippen LogP contribution in [0.1, 0.15) is 16.3 Å². The molecule has 3 heterocycles. The number of hydrogen-bond donors (Lipinski definition) is 2. The molecule has 0 atom stereocenters. The number of carbonyl (C=O) groups excluding carboxylic acids is 1. The molecule has 0 spiro atoms. The Morgan fingerprint density at radius 1 is 1.25 bits per heavy atom. The largest absolute Gasteiger partial charge is 0.416 e. The molecule has 13 heteroatoms. The highest BCUT2D eigenvalue weighted by atomic mass is 32.2. The number of hydrogen-bond acceptors (Lipinski definition) is 9. The van der Waals surface area contributed by atoms with Crippen molar-refractivity contribution in [3.05, 3.63) is 45.9 Å². The number of halogens is 3. The summed E-state index contributed by atoms with van der Waals surface area (Å²) < 4.78 is 38.7. The van der Waals surface area contributed by atoms with Crippen molar-refractivity contribution in [1.82, 2.24) is 19.6 Å². The lowest BCUT2D eigenvalue weighted by Crippen LogP contribution is -2.56. The van der Waals surface area contributed by atoms with Crippen LogP contribution in [0.2, 0.25) is 0 Å². The van der Waals surface area contributed by atoms with E-state index in [0.29, 0.717) is 10.0 Å². The molecular formula is C19H18F3N5O2S3. The second-order valence-electron chi connectivity index (χ2n) is 7.11. The molecule has 0 saturated carbocycles. The van der Waals surface area contributed by atoms with E-state index in [1.165, 1.54) is 28.5 Å². The summed E-state index contributed by atoms with van der Waals surface area (Å²) in [6.07, 6.45) is -4.41. The van der Waals surface area contributed by atoms with Crippen molar-refractivity contribution < 1.29 is 23.2 Å². The van der Waals surface area contributed by atoms with Crippen LogP contribution in [0.3, 0.4) is 0 Å². The first-order chi connectivity index (χ1) is 15.1. The average molecular weight is 502 g/mol. The van der Waals surface area contributed by atoms with Crippen molar-refractivity contribution in [2.75, 3.05) is 18.4 Å². The maximum atomic E-state index is 12.6. The van der Waals surface area contributed by atoms with E-state index >= 15 is 0 Å². The molecule has 0 bridgehead atoms. The predicted molar refractivity (Wildman–Crippen MR) is 117 cm³/mol. The molecule has 1 aliphatic heterocycles. The number of nitrogens with zero attached hydrogens (tertiary/aromatic N) is 4. The van der Waals surface area contributed by atoms with Crippen molar-refractivity contribution in [2.45, 2.75) is 24.9 Å². The smallest absolute Gasteiger partial charge is 0.302 e. The van der Waals surface area contributed by atoms with E-state index in [1.54, 1.807) is 11.3 Å². The van der Waals surface area contributed by atoms with Gasteiger partial charge < -0.3 is 5.32 Å². The minimum atomic E-state index is -4.41. The first kappa shape index (κ1) is 23.1. The van der Waals surface area contributed by atoms with E-state index in [2.05, 4.69) is 15.3 Å². The zero-order chi connectivity index (χ0) is 23.0. The molecule has 0 aliphatic carbocycles. The van der Waals surface area contributed by atoms with E-state index in [1.807, 2.05) is 19.2 Å². The number of anilines is 1. The Hall–Kier alpha value is -2.03. The number of thiazole rings is 2. The van der Waals surface area contributed by atoms with Crippen molar-refractivity contribution in [3.8, 4) is 10.6 Å². The number of hydrazine groups is 1.